The van der Waals surface area contributed by atoms with Crippen molar-refractivity contribution in [3.63, 3.8) is 0 Å². The SMILES string of the molecule is COc1nc(-c2cccc(-c3cccc(-c4cc5c(c(OC)n4)[C@H](N4CC(C(C)=O)C4)CC5)c3Cl)c2Cl)cc2c1[C@@H](NC[C@@H]1CCC(=O)N1)CC2. The van der Waals surface area contributed by atoms with Crippen molar-refractivity contribution in [2.75, 3.05) is 33.9 Å². The van der Waals surface area contributed by atoms with Crippen LogP contribution in [0.25, 0.3) is 33.6 Å². The Kier molecular flexibility index (Phi) is 9.25. The first kappa shape index (κ1) is 34.1. The van der Waals surface area contributed by atoms with Crippen LogP contribution in [0.2, 0.25) is 10.0 Å². The molecule has 2 aliphatic carbocycles. The van der Waals surface area contributed by atoms with Crippen molar-refractivity contribution in [3.05, 3.63) is 80.8 Å². The molecule has 3 atom stereocenters. The Morgan fingerprint density at radius 1 is 0.843 bits per heavy atom. The van der Waals surface area contributed by atoms with Gasteiger partial charge in [0.15, 0.2) is 0 Å². The second-order valence-electron chi connectivity index (χ2n) is 14.1. The Labute approximate surface area is 308 Å². The maximum Gasteiger partial charge on any atom is 0.220 e. The molecular formula is C40H41Cl2N5O4. The van der Waals surface area contributed by atoms with Crippen LogP contribution in [-0.2, 0) is 22.4 Å². The summed E-state index contributed by atoms with van der Waals surface area (Å²) in [7, 11) is 3.31. The third kappa shape index (κ3) is 6.18. The van der Waals surface area contributed by atoms with Crippen LogP contribution >= 0.6 is 23.2 Å². The predicted octanol–water partition coefficient (Wildman–Crippen LogP) is 7.17. The first-order valence-corrected chi connectivity index (χ1v) is 18.5. The molecule has 4 heterocycles. The van der Waals surface area contributed by atoms with Crippen LogP contribution in [0.5, 0.6) is 11.8 Å². The largest absolute Gasteiger partial charge is 0.481 e. The molecule has 2 saturated heterocycles. The lowest BCUT2D eigenvalue weighted by molar-refractivity contribution is -0.127. The average Bonchev–Trinajstić information content (AvgIpc) is 3.84. The fourth-order valence-corrected chi connectivity index (χ4v) is 9.01. The van der Waals surface area contributed by atoms with Crippen molar-refractivity contribution in [2.24, 2.45) is 5.92 Å². The number of carbonyl (C=O) groups excluding carboxylic acids is 2. The monoisotopic (exact) mass is 725 g/mol. The van der Waals surface area contributed by atoms with E-state index in [1.165, 1.54) is 11.1 Å². The molecule has 0 unspecified atom stereocenters. The van der Waals surface area contributed by atoms with Crippen LogP contribution in [0.3, 0.4) is 0 Å². The van der Waals surface area contributed by atoms with Crippen molar-refractivity contribution in [3.8, 4) is 45.4 Å². The number of hydrogen-bond donors (Lipinski definition) is 2. The number of rotatable bonds is 10. The van der Waals surface area contributed by atoms with Gasteiger partial charge in [-0.25, -0.2) is 9.97 Å². The molecule has 9 nitrogen and oxygen atoms in total. The lowest BCUT2D eigenvalue weighted by Crippen LogP contribution is -2.50. The maximum atomic E-state index is 11.9. The molecule has 2 fully saturated rings. The Morgan fingerprint density at radius 3 is 1.98 bits per heavy atom. The molecule has 0 spiro atoms. The Bertz CT molecular complexity index is 2050. The van der Waals surface area contributed by atoms with E-state index in [1.54, 1.807) is 21.1 Å². The number of halogens is 2. The zero-order chi connectivity index (χ0) is 35.4. The van der Waals surface area contributed by atoms with E-state index in [0.717, 1.165) is 90.0 Å². The summed E-state index contributed by atoms with van der Waals surface area (Å²) < 4.78 is 11.7. The molecule has 2 N–H and O–H groups in total. The number of fused-ring (bicyclic) bond motifs is 2. The van der Waals surface area contributed by atoms with Gasteiger partial charge in [0, 0.05) is 83.5 Å². The van der Waals surface area contributed by atoms with E-state index in [4.69, 9.17) is 42.6 Å². The zero-order valence-electron chi connectivity index (χ0n) is 29.0. The molecule has 51 heavy (non-hydrogen) atoms. The molecule has 4 aliphatic rings. The quantitative estimate of drug-likeness (QED) is 0.177. The van der Waals surface area contributed by atoms with Gasteiger partial charge in [0.1, 0.15) is 5.78 Å². The Hall–Kier alpha value is -4.02. The third-order valence-electron chi connectivity index (χ3n) is 11.1. The van der Waals surface area contributed by atoms with E-state index >= 15 is 0 Å². The molecule has 11 heteroatoms. The van der Waals surface area contributed by atoms with Crippen LogP contribution in [0.1, 0.15) is 66.9 Å². The van der Waals surface area contributed by atoms with Gasteiger partial charge >= 0.3 is 0 Å². The van der Waals surface area contributed by atoms with Crippen molar-refractivity contribution in [1.29, 1.82) is 0 Å². The van der Waals surface area contributed by atoms with Gasteiger partial charge in [-0.3, -0.25) is 14.5 Å². The second-order valence-corrected chi connectivity index (χ2v) is 14.9. The van der Waals surface area contributed by atoms with Crippen LogP contribution in [-0.4, -0.2) is 66.5 Å². The molecular weight excluding hydrogens is 685 g/mol. The first-order valence-electron chi connectivity index (χ1n) is 17.7. The Balaban J connectivity index is 1.09. The molecule has 264 valence electrons. The molecule has 4 aromatic rings. The van der Waals surface area contributed by atoms with Crippen LogP contribution < -0.4 is 20.1 Å². The van der Waals surface area contributed by atoms with Crippen LogP contribution in [0.4, 0.5) is 0 Å². The summed E-state index contributed by atoms with van der Waals surface area (Å²) >= 11 is 14.5. The topological polar surface area (TPSA) is 106 Å². The summed E-state index contributed by atoms with van der Waals surface area (Å²) in [6.07, 6.45) is 5.12. The number of ether oxygens (including phenoxy) is 2. The summed E-state index contributed by atoms with van der Waals surface area (Å²) in [5, 5.41) is 7.78. The van der Waals surface area contributed by atoms with Gasteiger partial charge in [-0.15, -0.1) is 0 Å². The van der Waals surface area contributed by atoms with Crippen molar-refractivity contribution >= 4 is 34.9 Å². The molecule has 8 rings (SSSR count). The molecule has 0 bridgehead atoms. The molecule has 1 amide bonds. The summed E-state index contributed by atoms with van der Waals surface area (Å²) in [6, 6.07) is 16.6. The molecule has 0 saturated carbocycles. The summed E-state index contributed by atoms with van der Waals surface area (Å²) in [5.41, 5.74) is 9.25. The van der Waals surface area contributed by atoms with Gasteiger partial charge in [0.25, 0.3) is 0 Å². The van der Waals surface area contributed by atoms with Crippen molar-refractivity contribution in [2.45, 2.75) is 63.6 Å². The maximum absolute atomic E-state index is 11.9. The minimum Gasteiger partial charge on any atom is -0.481 e. The summed E-state index contributed by atoms with van der Waals surface area (Å²) in [4.78, 5) is 35.8. The average molecular weight is 727 g/mol. The van der Waals surface area contributed by atoms with E-state index in [1.807, 2.05) is 36.4 Å². The summed E-state index contributed by atoms with van der Waals surface area (Å²) in [5.74, 6) is 1.68. The van der Waals surface area contributed by atoms with Gasteiger partial charge in [0.2, 0.25) is 17.7 Å². The standard InChI is InChI=1S/C40H41Cl2N5O4/c1-21(48)24-19-47(20-24)33-14-11-23-17-32(46-40(51-3)36(23)33)29-9-5-7-27(38(29)42)26-6-4-8-28(37(26)41)31-16-22-10-13-30(35(22)39(45-31)50-2)43-18-25-12-15-34(49)44-25/h4-9,16-17,24-25,30,33,43H,10-15,18-20H2,1-3H3,(H,44,49)/t25-,30-,33+/m0/s1. The number of aromatic nitrogens is 2. The van der Waals surface area contributed by atoms with E-state index in [2.05, 4.69) is 27.7 Å². The number of pyridine rings is 2. The van der Waals surface area contributed by atoms with Gasteiger partial charge in [0.05, 0.1) is 35.7 Å². The summed E-state index contributed by atoms with van der Waals surface area (Å²) in [6.45, 7) is 3.96. The lowest BCUT2D eigenvalue weighted by atomic mass is 9.92. The minimum atomic E-state index is 0.101. The predicted molar refractivity (Wildman–Crippen MR) is 198 cm³/mol. The zero-order valence-corrected chi connectivity index (χ0v) is 30.5. The van der Waals surface area contributed by atoms with Gasteiger partial charge in [-0.05, 0) is 62.3 Å². The van der Waals surface area contributed by atoms with Gasteiger partial charge in [-0.1, -0.05) is 59.6 Å². The number of hydrogen-bond acceptors (Lipinski definition) is 8. The smallest absolute Gasteiger partial charge is 0.220 e. The number of benzene rings is 2. The number of amides is 1. The van der Waals surface area contributed by atoms with E-state index < -0.39 is 0 Å². The van der Waals surface area contributed by atoms with Gasteiger partial charge < -0.3 is 20.1 Å². The fourth-order valence-electron chi connectivity index (χ4n) is 8.36. The molecule has 2 aromatic carbocycles. The van der Waals surface area contributed by atoms with Gasteiger partial charge in [-0.2, -0.15) is 0 Å². The highest BCUT2D eigenvalue weighted by Crippen LogP contribution is 2.47. The molecule has 2 aliphatic heterocycles. The third-order valence-corrected chi connectivity index (χ3v) is 12.0. The van der Waals surface area contributed by atoms with E-state index in [-0.39, 0.29) is 35.7 Å². The number of nitrogens with one attached hydrogen (secondary N) is 2. The van der Waals surface area contributed by atoms with Crippen molar-refractivity contribution < 1.29 is 19.1 Å². The number of carbonyl (C=O) groups is 2. The highest BCUT2D eigenvalue weighted by molar-refractivity contribution is 6.39. The van der Waals surface area contributed by atoms with E-state index in [0.29, 0.717) is 34.8 Å². The molecule has 0 radical (unpaired) electrons. The highest BCUT2D eigenvalue weighted by Gasteiger charge is 2.40. The first-order chi connectivity index (χ1) is 24.7. The highest BCUT2D eigenvalue weighted by atomic mass is 35.5. The molecule has 2 aromatic heterocycles. The number of ketones is 1. The lowest BCUT2D eigenvalue weighted by Gasteiger charge is -2.42. The second kappa shape index (κ2) is 13.8. The van der Waals surface area contributed by atoms with Crippen molar-refractivity contribution in [1.82, 2.24) is 25.5 Å². The van der Waals surface area contributed by atoms with Crippen LogP contribution in [0.15, 0.2) is 48.5 Å². The normalized spacial score (nSPS) is 21.3. The number of aryl methyl sites for hydroxylation is 2. The number of methoxy groups -OCH3 is 2. The minimum absolute atomic E-state index is 0.101. The fraction of sp³-hybridized carbons (Fsp3) is 0.400. The number of nitrogens with zero attached hydrogens (tertiary/aromatic N) is 3. The number of Topliss-reactive ketones (excluding diaryl/α,β-unsaturated/α-hetero) is 1. The van der Waals surface area contributed by atoms with Crippen LogP contribution in [0, 0.1) is 5.92 Å². The Morgan fingerprint density at radius 2 is 1.41 bits per heavy atom. The van der Waals surface area contributed by atoms with E-state index in [9.17, 15) is 9.59 Å². The number of likely N-dealkylation sites (tertiary alicyclic amines) is 1.